The van der Waals surface area contributed by atoms with Gasteiger partial charge in [0.25, 0.3) is 0 Å². The fourth-order valence-corrected chi connectivity index (χ4v) is 2.38. The summed E-state index contributed by atoms with van der Waals surface area (Å²) < 4.78 is 5.75. The van der Waals surface area contributed by atoms with E-state index >= 15 is 0 Å². The van der Waals surface area contributed by atoms with Crippen LogP contribution in [0, 0.1) is 0 Å². The van der Waals surface area contributed by atoms with Crippen LogP contribution in [0.2, 0.25) is 0 Å². The van der Waals surface area contributed by atoms with Crippen LogP contribution in [-0.4, -0.2) is 29.1 Å². The van der Waals surface area contributed by atoms with Crippen molar-refractivity contribution in [3.63, 3.8) is 0 Å². The van der Waals surface area contributed by atoms with Crippen molar-refractivity contribution in [1.29, 1.82) is 0 Å². The number of rotatable bonds is 7. The molecule has 2 aromatic rings. The summed E-state index contributed by atoms with van der Waals surface area (Å²) in [5.74, 6) is -0.367. The van der Waals surface area contributed by atoms with Crippen LogP contribution >= 0.6 is 0 Å². The third-order valence-electron chi connectivity index (χ3n) is 3.52. The minimum Gasteiger partial charge on any atom is -0.478 e. The van der Waals surface area contributed by atoms with E-state index < -0.39 is 5.97 Å². The maximum Gasteiger partial charge on any atom is 0.339 e. The largest absolute Gasteiger partial charge is 0.478 e. The number of furan rings is 1. The Kier molecular flexibility index (Phi) is 4.79. The van der Waals surface area contributed by atoms with Gasteiger partial charge in [0, 0.05) is 5.39 Å². The third-order valence-corrected chi connectivity index (χ3v) is 3.52. The molecule has 0 atom stereocenters. The smallest absolute Gasteiger partial charge is 0.339 e. The fourth-order valence-electron chi connectivity index (χ4n) is 2.38. The number of hydrogen-bond donors (Lipinski definition) is 1. The van der Waals surface area contributed by atoms with Crippen LogP contribution in [0.1, 0.15) is 42.8 Å². The van der Waals surface area contributed by atoms with Gasteiger partial charge in [0.2, 0.25) is 0 Å². The second-order valence-electron chi connectivity index (χ2n) is 4.92. The number of carbonyl (C=O) groups is 1. The van der Waals surface area contributed by atoms with Crippen LogP contribution in [0.3, 0.4) is 0 Å². The molecule has 1 aromatic carbocycles. The van der Waals surface area contributed by atoms with Gasteiger partial charge in [-0.25, -0.2) is 4.79 Å². The van der Waals surface area contributed by atoms with Crippen LogP contribution in [0.4, 0.5) is 0 Å². The van der Waals surface area contributed by atoms with Gasteiger partial charge in [-0.05, 0) is 25.6 Å². The van der Waals surface area contributed by atoms with Crippen LogP contribution in [0.15, 0.2) is 28.7 Å². The topological polar surface area (TPSA) is 53.7 Å². The molecule has 0 amide bonds. The number of carboxylic acids is 1. The zero-order valence-corrected chi connectivity index (χ0v) is 12.1. The molecule has 4 nitrogen and oxygen atoms in total. The lowest BCUT2D eigenvalue weighted by atomic mass is 10.1. The Morgan fingerprint density at radius 1 is 1.30 bits per heavy atom. The molecule has 0 aliphatic carbocycles. The van der Waals surface area contributed by atoms with E-state index in [2.05, 4.69) is 18.7 Å². The third kappa shape index (κ3) is 3.02. The summed E-state index contributed by atoms with van der Waals surface area (Å²) in [6.45, 7) is 6.63. The molecule has 0 saturated heterocycles. The lowest BCUT2D eigenvalue weighted by molar-refractivity contribution is 0.0694. The van der Waals surface area contributed by atoms with E-state index in [1.807, 2.05) is 18.2 Å². The molecule has 0 bridgehead atoms. The second-order valence-corrected chi connectivity index (χ2v) is 4.92. The first kappa shape index (κ1) is 14.6. The van der Waals surface area contributed by atoms with Crippen molar-refractivity contribution < 1.29 is 14.3 Å². The predicted octanol–water partition coefficient (Wildman–Crippen LogP) is 3.75. The van der Waals surface area contributed by atoms with Gasteiger partial charge in [-0.2, -0.15) is 0 Å². The SMILES string of the molecule is CCCCN(CC)Cc1oc2ccccc2c1C(=O)O. The van der Waals surface area contributed by atoms with Crippen molar-refractivity contribution in [2.24, 2.45) is 0 Å². The summed E-state index contributed by atoms with van der Waals surface area (Å²) in [4.78, 5) is 13.7. The molecule has 1 aromatic heterocycles. The minimum absolute atomic E-state index is 0.301. The molecule has 0 unspecified atom stereocenters. The minimum atomic E-state index is -0.920. The maximum atomic E-state index is 11.5. The van der Waals surface area contributed by atoms with Gasteiger partial charge in [-0.1, -0.05) is 38.5 Å². The molecule has 1 N–H and O–H groups in total. The van der Waals surface area contributed by atoms with Gasteiger partial charge in [0.15, 0.2) is 0 Å². The first-order valence-corrected chi connectivity index (χ1v) is 7.13. The van der Waals surface area contributed by atoms with Gasteiger partial charge >= 0.3 is 5.97 Å². The lowest BCUT2D eigenvalue weighted by Crippen LogP contribution is -2.24. The molecule has 20 heavy (non-hydrogen) atoms. The average molecular weight is 275 g/mol. The number of hydrogen-bond acceptors (Lipinski definition) is 3. The van der Waals surface area contributed by atoms with E-state index in [0.29, 0.717) is 28.8 Å². The number of benzene rings is 1. The average Bonchev–Trinajstić information content (AvgIpc) is 2.81. The molecule has 0 aliphatic rings. The Morgan fingerprint density at radius 2 is 2.05 bits per heavy atom. The number of fused-ring (bicyclic) bond motifs is 1. The van der Waals surface area contributed by atoms with Gasteiger partial charge < -0.3 is 9.52 Å². The van der Waals surface area contributed by atoms with Crippen LogP contribution < -0.4 is 0 Å². The maximum absolute atomic E-state index is 11.5. The van der Waals surface area contributed by atoms with E-state index in [1.165, 1.54) is 0 Å². The summed E-state index contributed by atoms with van der Waals surface area (Å²) in [6.07, 6.45) is 2.24. The van der Waals surface area contributed by atoms with Crippen molar-refractivity contribution >= 4 is 16.9 Å². The molecular formula is C16H21NO3. The van der Waals surface area contributed by atoms with Gasteiger partial charge in [-0.15, -0.1) is 0 Å². The summed E-state index contributed by atoms with van der Waals surface area (Å²) in [6, 6.07) is 7.31. The lowest BCUT2D eigenvalue weighted by Gasteiger charge is -2.18. The van der Waals surface area contributed by atoms with Crippen LogP contribution in [0.25, 0.3) is 11.0 Å². The van der Waals surface area contributed by atoms with E-state index in [4.69, 9.17) is 4.42 Å². The number of unbranched alkanes of at least 4 members (excludes halogenated alkanes) is 1. The highest BCUT2D eigenvalue weighted by Gasteiger charge is 2.21. The fraction of sp³-hybridized carbons (Fsp3) is 0.438. The van der Waals surface area contributed by atoms with Crippen LogP contribution in [-0.2, 0) is 6.54 Å². The monoisotopic (exact) mass is 275 g/mol. The Hall–Kier alpha value is -1.81. The quantitative estimate of drug-likeness (QED) is 0.836. The molecule has 0 aliphatic heterocycles. The number of nitrogens with zero attached hydrogens (tertiary/aromatic N) is 1. The Bertz CT molecular complexity index is 588. The molecule has 1 heterocycles. The highest BCUT2D eigenvalue weighted by Crippen LogP contribution is 2.27. The molecule has 2 rings (SSSR count). The van der Waals surface area contributed by atoms with Crippen molar-refractivity contribution in [2.45, 2.75) is 33.2 Å². The van der Waals surface area contributed by atoms with E-state index in [9.17, 15) is 9.90 Å². The first-order chi connectivity index (χ1) is 9.67. The normalized spacial score (nSPS) is 11.3. The molecule has 0 radical (unpaired) electrons. The van der Waals surface area contributed by atoms with Crippen molar-refractivity contribution in [1.82, 2.24) is 4.90 Å². The molecule has 0 saturated carbocycles. The number of aromatic carboxylic acids is 1. The van der Waals surface area contributed by atoms with Gasteiger partial charge in [0.05, 0.1) is 6.54 Å². The highest BCUT2D eigenvalue weighted by molar-refractivity contribution is 6.03. The van der Waals surface area contributed by atoms with Crippen molar-refractivity contribution in [3.05, 3.63) is 35.6 Å². The number of carboxylic acid groups (broad SMARTS) is 1. The Labute approximate surface area is 119 Å². The second kappa shape index (κ2) is 6.57. The van der Waals surface area contributed by atoms with Gasteiger partial charge in [0.1, 0.15) is 16.9 Å². The summed E-state index contributed by atoms with van der Waals surface area (Å²) in [5, 5.41) is 10.1. The predicted molar refractivity (Wildman–Crippen MR) is 79.0 cm³/mol. The molecule has 0 fully saturated rings. The zero-order valence-electron chi connectivity index (χ0n) is 12.1. The highest BCUT2D eigenvalue weighted by atomic mass is 16.4. The zero-order chi connectivity index (χ0) is 14.5. The van der Waals surface area contributed by atoms with E-state index in [0.717, 1.165) is 25.9 Å². The standard InChI is InChI=1S/C16H21NO3/c1-3-5-10-17(4-2)11-14-15(16(18)19)12-8-6-7-9-13(12)20-14/h6-9H,3-5,10-11H2,1-2H3,(H,18,19). The Morgan fingerprint density at radius 3 is 2.70 bits per heavy atom. The van der Waals surface area contributed by atoms with E-state index in [-0.39, 0.29) is 0 Å². The van der Waals surface area contributed by atoms with E-state index in [1.54, 1.807) is 6.07 Å². The summed E-state index contributed by atoms with van der Waals surface area (Å²) >= 11 is 0. The summed E-state index contributed by atoms with van der Waals surface area (Å²) in [5.41, 5.74) is 0.946. The molecule has 0 spiro atoms. The molecular weight excluding hydrogens is 254 g/mol. The van der Waals surface area contributed by atoms with Crippen LogP contribution in [0.5, 0.6) is 0 Å². The number of para-hydroxylation sites is 1. The molecule has 4 heteroatoms. The van der Waals surface area contributed by atoms with Crippen molar-refractivity contribution in [3.8, 4) is 0 Å². The van der Waals surface area contributed by atoms with Crippen molar-refractivity contribution in [2.75, 3.05) is 13.1 Å². The molecule has 108 valence electrons. The summed E-state index contributed by atoms with van der Waals surface area (Å²) in [7, 11) is 0. The Balaban J connectivity index is 2.33. The first-order valence-electron chi connectivity index (χ1n) is 7.13. The van der Waals surface area contributed by atoms with Gasteiger partial charge in [-0.3, -0.25) is 4.90 Å².